The fourth-order valence-corrected chi connectivity index (χ4v) is 6.17. The van der Waals surface area contributed by atoms with Crippen molar-refractivity contribution in [3.8, 4) is 0 Å². The molecule has 4 rings (SSSR count). The molecule has 0 saturated carbocycles. The maximum Gasteiger partial charge on any atom is 0.270 e. The number of para-hydroxylation sites is 1. The summed E-state index contributed by atoms with van der Waals surface area (Å²) in [7, 11) is -4.13. The number of nitrogens with one attached hydrogen (secondary N) is 1. The third-order valence-corrected chi connectivity index (χ3v) is 7.98. The van der Waals surface area contributed by atoms with Crippen LogP contribution in [0.3, 0.4) is 0 Å². The van der Waals surface area contributed by atoms with E-state index in [9.17, 15) is 13.2 Å². The van der Waals surface area contributed by atoms with Crippen molar-refractivity contribution in [1.29, 1.82) is 0 Å². The Balaban J connectivity index is 2.02. The summed E-state index contributed by atoms with van der Waals surface area (Å²) in [5.74, 6) is -0.665. The molecule has 7 heteroatoms. The highest BCUT2D eigenvalue weighted by Gasteiger charge is 2.41. The van der Waals surface area contributed by atoms with E-state index in [1.54, 1.807) is 37.3 Å². The second-order valence-corrected chi connectivity index (χ2v) is 10.1. The number of rotatable bonds is 5. The van der Waals surface area contributed by atoms with Crippen LogP contribution in [0.15, 0.2) is 71.6 Å². The number of fused-ring (bicyclic) bond motifs is 1. The average Bonchev–Trinajstić information content (AvgIpc) is 2.80. The SMILES string of the molecule is CCc1cccc(C)c1NC(=O)C1=C(c2ccccc2)c2cc(Cl)ccc2N(CC)S1(=O)=O. The molecule has 33 heavy (non-hydrogen) atoms. The summed E-state index contributed by atoms with van der Waals surface area (Å²) in [6, 6.07) is 19.9. The number of hydrogen-bond acceptors (Lipinski definition) is 3. The molecule has 3 aromatic rings. The van der Waals surface area contributed by atoms with Gasteiger partial charge in [-0.2, -0.15) is 0 Å². The van der Waals surface area contributed by atoms with Crippen LogP contribution in [0.2, 0.25) is 5.02 Å². The first-order valence-electron chi connectivity index (χ1n) is 10.8. The molecule has 5 nitrogen and oxygen atoms in total. The van der Waals surface area contributed by atoms with Crippen LogP contribution in [0.5, 0.6) is 0 Å². The van der Waals surface area contributed by atoms with E-state index >= 15 is 0 Å². The van der Waals surface area contributed by atoms with Crippen LogP contribution in [-0.4, -0.2) is 20.9 Å². The second kappa shape index (κ2) is 9.04. The number of amides is 1. The molecule has 0 atom stereocenters. The van der Waals surface area contributed by atoms with Crippen molar-refractivity contribution >= 4 is 44.5 Å². The molecule has 3 aromatic carbocycles. The standard InChI is InChI=1S/C26H25ClN2O3S/c1-4-18-13-9-10-17(3)24(18)28-26(30)25-23(19-11-7-6-8-12-19)21-16-20(27)14-15-22(21)29(5-2)33(25,31)32/h6-16H,4-5H2,1-3H3,(H,28,30). The van der Waals surface area contributed by atoms with E-state index in [2.05, 4.69) is 5.32 Å². The van der Waals surface area contributed by atoms with Crippen molar-refractivity contribution in [2.75, 3.05) is 16.2 Å². The summed E-state index contributed by atoms with van der Waals surface area (Å²) in [4.78, 5) is 13.5. The smallest absolute Gasteiger partial charge is 0.270 e. The molecule has 170 valence electrons. The number of benzene rings is 3. The van der Waals surface area contributed by atoms with Gasteiger partial charge in [0.15, 0.2) is 4.91 Å². The molecule has 0 spiro atoms. The fraction of sp³-hybridized carbons (Fsp3) is 0.192. The zero-order chi connectivity index (χ0) is 23.8. The lowest BCUT2D eigenvalue weighted by Crippen LogP contribution is -2.39. The fourth-order valence-electron chi connectivity index (χ4n) is 4.25. The van der Waals surface area contributed by atoms with E-state index in [0.717, 1.165) is 11.1 Å². The lowest BCUT2D eigenvalue weighted by molar-refractivity contribution is -0.112. The van der Waals surface area contributed by atoms with Gasteiger partial charge in [-0.15, -0.1) is 0 Å². The molecule has 0 saturated heterocycles. The van der Waals surface area contributed by atoms with Gasteiger partial charge in [0, 0.05) is 28.4 Å². The Labute approximate surface area is 199 Å². The second-order valence-electron chi connectivity index (χ2n) is 7.82. The summed E-state index contributed by atoms with van der Waals surface area (Å²) in [5.41, 5.74) is 4.54. The summed E-state index contributed by atoms with van der Waals surface area (Å²) >= 11 is 6.32. The predicted octanol–water partition coefficient (Wildman–Crippen LogP) is 5.78. The molecule has 1 heterocycles. The molecule has 1 aliphatic heterocycles. The number of anilines is 2. The van der Waals surface area contributed by atoms with Gasteiger partial charge in [0.1, 0.15) is 0 Å². The van der Waals surface area contributed by atoms with E-state index in [1.807, 2.05) is 50.2 Å². The van der Waals surface area contributed by atoms with E-state index < -0.39 is 15.9 Å². The molecule has 0 unspecified atom stereocenters. The van der Waals surface area contributed by atoms with Crippen molar-refractivity contribution in [1.82, 2.24) is 0 Å². The highest BCUT2D eigenvalue weighted by molar-refractivity contribution is 7.97. The highest BCUT2D eigenvalue weighted by Crippen LogP contribution is 2.44. The Hall–Kier alpha value is -3.09. The summed E-state index contributed by atoms with van der Waals surface area (Å²) in [6.45, 7) is 5.81. The maximum absolute atomic E-state index is 13.8. The van der Waals surface area contributed by atoms with Gasteiger partial charge in [-0.05, 0) is 55.2 Å². The van der Waals surface area contributed by atoms with Gasteiger partial charge in [-0.1, -0.05) is 67.1 Å². The van der Waals surface area contributed by atoms with Crippen molar-refractivity contribution in [3.63, 3.8) is 0 Å². The Kier molecular flexibility index (Phi) is 6.32. The normalized spacial score (nSPS) is 14.7. The van der Waals surface area contributed by atoms with Gasteiger partial charge < -0.3 is 5.32 Å². The Morgan fingerprint density at radius 3 is 2.39 bits per heavy atom. The molecule has 0 radical (unpaired) electrons. The zero-order valence-corrected chi connectivity index (χ0v) is 20.3. The molecule has 1 N–H and O–H groups in total. The molecule has 0 fully saturated rings. The number of carbonyl (C=O) groups is 1. The number of aryl methyl sites for hydroxylation is 2. The molecule has 0 bridgehead atoms. The van der Waals surface area contributed by atoms with Crippen LogP contribution >= 0.6 is 11.6 Å². The molecular weight excluding hydrogens is 456 g/mol. The van der Waals surface area contributed by atoms with Crippen LogP contribution < -0.4 is 9.62 Å². The first-order chi connectivity index (χ1) is 15.8. The Bertz CT molecular complexity index is 1370. The minimum Gasteiger partial charge on any atom is -0.321 e. The monoisotopic (exact) mass is 480 g/mol. The molecule has 0 aromatic heterocycles. The van der Waals surface area contributed by atoms with E-state index in [0.29, 0.717) is 39.5 Å². The lowest BCUT2D eigenvalue weighted by atomic mass is 9.95. The maximum atomic E-state index is 13.8. The minimum atomic E-state index is -4.13. The Morgan fingerprint density at radius 1 is 1.00 bits per heavy atom. The summed E-state index contributed by atoms with van der Waals surface area (Å²) < 4.78 is 28.9. The number of carbonyl (C=O) groups excluding carboxylic acids is 1. The van der Waals surface area contributed by atoms with Gasteiger partial charge in [0.2, 0.25) is 0 Å². The van der Waals surface area contributed by atoms with Gasteiger partial charge in [0.25, 0.3) is 15.9 Å². The lowest BCUT2D eigenvalue weighted by Gasteiger charge is -2.33. The number of sulfonamides is 1. The quantitative estimate of drug-likeness (QED) is 0.503. The number of halogens is 1. The summed E-state index contributed by atoms with van der Waals surface area (Å²) in [5, 5.41) is 3.37. The molecule has 1 aliphatic rings. The number of hydrogen-bond donors (Lipinski definition) is 1. The Morgan fingerprint density at radius 2 is 1.73 bits per heavy atom. The third kappa shape index (κ3) is 4.05. The van der Waals surface area contributed by atoms with Crippen LogP contribution in [0.4, 0.5) is 11.4 Å². The van der Waals surface area contributed by atoms with E-state index in [1.165, 1.54) is 4.31 Å². The van der Waals surface area contributed by atoms with Gasteiger partial charge in [0.05, 0.1) is 5.69 Å². The van der Waals surface area contributed by atoms with E-state index in [-0.39, 0.29) is 11.4 Å². The van der Waals surface area contributed by atoms with Crippen molar-refractivity contribution in [3.05, 3.63) is 98.9 Å². The average molecular weight is 481 g/mol. The first kappa shape index (κ1) is 23.1. The van der Waals surface area contributed by atoms with Crippen molar-refractivity contribution in [2.45, 2.75) is 27.2 Å². The van der Waals surface area contributed by atoms with Crippen molar-refractivity contribution < 1.29 is 13.2 Å². The van der Waals surface area contributed by atoms with Crippen molar-refractivity contribution in [2.24, 2.45) is 0 Å². The largest absolute Gasteiger partial charge is 0.321 e. The zero-order valence-electron chi connectivity index (χ0n) is 18.7. The summed E-state index contributed by atoms with van der Waals surface area (Å²) in [6.07, 6.45) is 0.703. The van der Waals surface area contributed by atoms with Crippen LogP contribution in [0.1, 0.15) is 36.1 Å². The van der Waals surface area contributed by atoms with Crippen LogP contribution in [0.25, 0.3) is 5.57 Å². The predicted molar refractivity (Wildman–Crippen MR) is 135 cm³/mol. The van der Waals surface area contributed by atoms with Gasteiger partial charge in [-0.25, -0.2) is 8.42 Å². The van der Waals surface area contributed by atoms with Crippen LogP contribution in [-0.2, 0) is 21.2 Å². The third-order valence-electron chi connectivity index (χ3n) is 5.81. The molecule has 1 amide bonds. The number of nitrogens with zero attached hydrogens (tertiary/aromatic N) is 1. The van der Waals surface area contributed by atoms with Gasteiger partial charge in [-0.3, -0.25) is 9.10 Å². The first-order valence-corrected chi connectivity index (χ1v) is 12.6. The molecule has 0 aliphatic carbocycles. The highest BCUT2D eigenvalue weighted by atomic mass is 35.5. The van der Waals surface area contributed by atoms with Crippen LogP contribution in [0, 0.1) is 6.92 Å². The van der Waals surface area contributed by atoms with Gasteiger partial charge >= 0.3 is 0 Å². The van der Waals surface area contributed by atoms with E-state index in [4.69, 9.17) is 11.6 Å². The molecular formula is C26H25ClN2O3S. The minimum absolute atomic E-state index is 0.181. The topological polar surface area (TPSA) is 66.5 Å².